The largest absolute Gasteiger partial charge is 0.385 e. The molecule has 1 fully saturated rings. The fourth-order valence-corrected chi connectivity index (χ4v) is 1.34. The van der Waals surface area contributed by atoms with E-state index < -0.39 is 5.60 Å². The summed E-state index contributed by atoms with van der Waals surface area (Å²) in [4.78, 5) is 10.7. The van der Waals surface area contributed by atoms with Gasteiger partial charge in [-0.15, -0.1) is 0 Å². The molecule has 0 aliphatic carbocycles. The number of rotatable bonds is 4. The quantitative estimate of drug-likeness (QED) is 0.567. The zero-order valence-corrected chi connectivity index (χ0v) is 6.84. The van der Waals surface area contributed by atoms with Crippen molar-refractivity contribution in [2.45, 2.75) is 24.9 Å². The number of hydrogen-bond acceptors (Lipinski definition) is 3. The molecular formula is C8H14O3. The van der Waals surface area contributed by atoms with Gasteiger partial charge < -0.3 is 14.3 Å². The highest BCUT2D eigenvalue weighted by molar-refractivity contribution is 5.62. The first-order chi connectivity index (χ1) is 5.33. The van der Waals surface area contributed by atoms with Crippen molar-refractivity contribution in [2.75, 3.05) is 20.3 Å². The molecule has 0 amide bonds. The summed E-state index contributed by atoms with van der Waals surface area (Å²) in [6.45, 7) is 1.31. The Bertz CT molecular complexity index is 127. The van der Waals surface area contributed by atoms with Gasteiger partial charge in [-0.05, 0) is 12.8 Å². The maximum Gasteiger partial charge on any atom is 0.151 e. The molecule has 1 unspecified atom stereocenters. The van der Waals surface area contributed by atoms with Crippen molar-refractivity contribution in [3.63, 3.8) is 0 Å². The molecule has 3 nitrogen and oxygen atoms in total. The number of ether oxygens (including phenoxy) is 2. The lowest BCUT2D eigenvalue weighted by atomic mass is 9.99. The van der Waals surface area contributed by atoms with Crippen molar-refractivity contribution in [2.24, 2.45) is 0 Å². The van der Waals surface area contributed by atoms with Gasteiger partial charge in [-0.2, -0.15) is 0 Å². The summed E-state index contributed by atoms with van der Waals surface area (Å²) in [5.74, 6) is 0. The fraction of sp³-hybridized carbons (Fsp3) is 0.875. The minimum atomic E-state index is -0.518. The summed E-state index contributed by atoms with van der Waals surface area (Å²) < 4.78 is 10.2. The van der Waals surface area contributed by atoms with Gasteiger partial charge in [0.25, 0.3) is 0 Å². The molecule has 1 aliphatic rings. The van der Waals surface area contributed by atoms with E-state index in [0.717, 1.165) is 19.1 Å². The van der Waals surface area contributed by atoms with Gasteiger partial charge in [0.05, 0.1) is 0 Å². The highest BCUT2D eigenvalue weighted by Gasteiger charge is 2.34. The number of carbonyl (C=O) groups excluding carboxylic acids is 1. The third-order valence-corrected chi connectivity index (χ3v) is 2.08. The van der Waals surface area contributed by atoms with Crippen LogP contribution in [-0.2, 0) is 14.3 Å². The van der Waals surface area contributed by atoms with Gasteiger partial charge in [0.2, 0.25) is 0 Å². The monoisotopic (exact) mass is 158 g/mol. The summed E-state index contributed by atoms with van der Waals surface area (Å²) in [6.07, 6.45) is 3.44. The summed E-state index contributed by atoms with van der Waals surface area (Å²) in [7, 11) is 1.63. The lowest BCUT2D eigenvalue weighted by Crippen LogP contribution is -2.31. The zero-order chi connectivity index (χ0) is 8.16. The molecule has 0 saturated carbocycles. The predicted octanol–water partition coefficient (Wildman–Crippen LogP) is 0.771. The molecule has 0 aromatic heterocycles. The van der Waals surface area contributed by atoms with Crippen molar-refractivity contribution in [1.82, 2.24) is 0 Å². The van der Waals surface area contributed by atoms with Gasteiger partial charge >= 0.3 is 0 Å². The van der Waals surface area contributed by atoms with Gasteiger partial charge in [-0.3, -0.25) is 0 Å². The number of carbonyl (C=O) groups is 1. The third-order valence-electron chi connectivity index (χ3n) is 2.08. The van der Waals surface area contributed by atoms with Crippen molar-refractivity contribution in [3.05, 3.63) is 0 Å². The van der Waals surface area contributed by atoms with Crippen LogP contribution in [0.3, 0.4) is 0 Å². The van der Waals surface area contributed by atoms with Crippen molar-refractivity contribution >= 4 is 6.29 Å². The maximum atomic E-state index is 10.7. The van der Waals surface area contributed by atoms with E-state index in [0.29, 0.717) is 19.6 Å². The molecule has 1 saturated heterocycles. The molecule has 0 spiro atoms. The van der Waals surface area contributed by atoms with Crippen LogP contribution in [0.2, 0.25) is 0 Å². The molecule has 0 bridgehead atoms. The van der Waals surface area contributed by atoms with Crippen LogP contribution < -0.4 is 0 Å². The first-order valence-electron chi connectivity index (χ1n) is 3.92. The van der Waals surface area contributed by atoms with Crippen LogP contribution in [0, 0.1) is 0 Å². The second-order valence-electron chi connectivity index (χ2n) is 2.88. The van der Waals surface area contributed by atoms with E-state index in [-0.39, 0.29) is 0 Å². The second kappa shape index (κ2) is 3.83. The van der Waals surface area contributed by atoms with Crippen LogP contribution in [0.5, 0.6) is 0 Å². The lowest BCUT2D eigenvalue weighted by Gasteiger charge is -2.20. The molecule has 0 aromatic rings. The van der Waals surface area contributed by atoms with Crippen LogP contribution in [0.25, 0.3) is 0 Å². The summed E-state index contributed by atoms with van der Waals surface area (Å²) in [5, 5.41) is 0. The average Bonchev–Trinajstić information content (AvgIpc) is 2.50. The molecule has 64 valence electrons. The van der Waals surface area contributed by atoms with Crippen molar-refractivity contribution < 1.29 is 14.3 Å². The SMILES string of the molecule is COCCC1(C=O)CCCO1. The number of aldehydes is 1. The highest BCUT2D eigenvalue weighted by atomic mass is 16.5. The number of methoxy groups -OCH3 is 1. The van der Waals surface area contributed by atoms with Crippen LogP contribution in [0.15, 0.2) is 0 Å². The summed E-state index contributed by atoms with van der Waals surface area (Å²) >= 11 is 0. The van der Waals surface area contributed by atoms with Gasteiger partial charge in [0.1, 0.15) is 5.60 Å². The topological polar surface area (TPSA) is 35.5 Å². The van der Waals surface area contributed by atoms with E-state index in [4.69, 9.17) is 9.47 Å². The van der Waals surface area contributed by atoms with Gasteiger partial charge in [-0.25, -0.2) is 0 Å². The minimum absolute atomic E-state index is 0.518. The normalized spacial score (nSPS) is 30.6. The first-order valence-corrected chi connectivity index (χ1v) is 3.92. The molecule has 3 heteroatoms. The average molecular weight is 158 g/mol. The smallest absolute Gasteiger partial charge is 0.151 e. The second-order valence-corrected chi connectivity index (χ2v) is 2.88. The Morgan fingerprint density at radius 3 is 3.00 bits per heavy atom. The molecule has 1 atom stereocenters. The van der Waals surface area contributed by atoms with E-state index >= 15 is 0 Å². The summed E-state index contributed by atoms with van der Waals surface area (Å²) in [6, 6.07) is 0. The minimum Gasteiger partial charge on any atom is -0.385 e. The molecular weight excluding hydrogens is 144 g/mol. The van der Waals surface area contributed by atoms with Gasteiger partial charge in [-0.1, -0.05) is 0 Å². The number of hydrogen-bond donors (Lipinski definition) is 0. The molecule has 1 aliphatic heterocycles. The van der Waals surface area contributed by atoms with E-state index in [1.807, 2.05) is 0 Å². The lowest BCUT2D eigenvalue weighted by molar-refractivity contribution is -0.127. The van der Waals surface area contributed by atoms with E-state index in [1.165, 1.54) is 0 Å². The Morgan fingerprint density at radius 2 is 2.55 bits per heavy atom. The highest BCUT2D eigenvalue weighted by Crippen LogP contribution is 2.26. The predicted molar refractivity (Wildman–Crippen MR) is 40.5 cm³/mol. The van der Waals surface area contributed by atoms with E-state index in [1.54, 1.807) is 7.11 Å². The zero-order valence-electron chi connectivity index (χ0n) is 6.84. The molecule has 0 aromatic carbocycles. The van der Waals surface area contributed by atoms with Crippen molar-refractivity contribution in [1.29, 1.82) is 0 Å². The molecule has 11 heavy (non-hydrogen) atoms. The molecule has 0 radical (unpaired) electrons. The Balaban J connectivity index is 2.39. The Labute approximate surface area is 66.7 Å². The van der Waals surface area contributed by atoms with Crippen LogP contribution >= 0.6 is 0 Å². The van der Waals surface area contributed by atoms with E-state index in [9.17, 15) is 4.79 Å². The first kappa shape index (κ1) is 8.68. The maximum absolute atomic E-state index is 10.7. The Morgan fingerprint density at radius 1 is 1.73 bits per heavy atom. The van der Waals surface area contributed by atoms with Gasteiger partial charge in [0.15, 0.2) is 6.29 Å². The molecule has 1 heterocycles. The Kier molecular flexibility index (Phi) is 3.02. The van der Waals surface area contributed by atoms with Crippen molar-refractivity contribution in [3.8, 4) is 0 Å². The van der Waals surface area contributed by atoms with E-state index in [2.05, 4.69) is 0 Å². The van der Waals surface area contributed by atoms with Crippen LogP contribution in [0.4, 0.5) is 0 Å². The summed E-state index contributed by atoms with van der Waals surface area (Å²) in [5.41, 5.74) is -0.518. The molecule has 1 rings (SSSR count). The Hall–Kier alpha value is -0.410. The third kappa shape index (κ3) is 2.01. The van der Waals surface area contributed by atoms with Crippen LogP contribution in [-0.4, -0.2) is 32.2 Å². The fourth-order valence-electron chi connectivity index (χ4n) is 1.34. The standard InChI is InChI=1S/C8H14O3/c1-10-6-4-8(7-9)3-2-5-11-8/h7H,2-6H2,1H3. The van der Waals surface area contributed by atoms with Crippen LogP contribution in [0.1, 0.15) is 19.3 Å². The van der Waals surface area contributed by atoms with Gasteiger partial charge in [0, 0.05) is 26.7 Å². The molecule has 0 N–H and O–H groups in total.